The lowest BCUT2D eigenvalue weighted by molar-refractivity contribution is 0.307. The Kier molecular flexibility index (Phi) is 5.50. The van der Waals surface area contributed by atoms with E-state index in [-0.39, 0.29) is 12.1 Å². The van der Waals surface area contributed by atoms with Gasteiger partial charge in [0, 0.05) is 12.1 Å². The molecule has 0 aliphatic rings. The Morgan fingerprint density at radius 1 is 0.900 bits per heavy atom. The van der Waals surface area contributed by atoms with Gasteiger partial charge in [-0.2, -0.15) is 0 Å². The second-order valence-electron chi connectivity index (χ2n) is 4.39. The maximum Gasteiger partial charge on any atom is 0.130 e. The van der Waals surface area contributed by atoms with Gasteiger partial charge in [0.05, 0.1) is 6.61 Å². The van der Waals surface area contributed by atoms with E-state index >= 15 is 0 Å². The highest BCUT2D eigenvalue weighted by atomic mass is 19.1. The molecule has 106 valence electrons. The van der Waals surface area contributed by atoms with Crippen molar-refractivity contribution in [1.29, 1.82) is 0 Å². The summed E-state index contributed by atoms with van der Waals surface area (Å²) in [6, 6.07) is 13.4. The first-order valence-corrected chi connectivity index (χ1v) is 6.59. The van der Waals surface area contributed by atoms with Gasteiger partial charge in [-0.05, 0) is 37.2 Å². The Hall–Kier alpha value is -1.94. The highest BCUT2D eigenvalue weighted by Gasteiger charge is 2.06. The predicted molar refractivity (Wildman–Crippen MR) is 74.6 cm³/mol. The largest absolute Gasteiger partial charge is 0.494 e. The van der Waals surface area contributed by atoms with Crippen LogP contribution >= 0.6 is 0 Å². The molecular formula is C16H17F2NO. The molecule has 0 aliphatic carbocycles. The van der Waals surface area contributed by atoms with E-state index in [9.17, 15) is 8.78 Å². The normalized spacial score (nSPS) is 10.5. The van der Waals surface area contributed by atoms with E-state index in [0.717, 1.165) is 12.2 Å². The third kappa shape index (κ3) is 4.31. The van der Waals surface area contributed by atoms with Crippen molar-refractivity contribution < 1.29 is 13.5 Å². The van der Waals surface area contributed by atoms with Crippen molar-refractivity contribution in [2.45, 2.75) is 13.0 Å². The Morgan fingerprint density at radius 2 is 1.60 bits per heavy atom. The molecule has 0 fully saturated rings. The molecule has 0 amide bonds. The van der Waals surface area contributed by atoms with Gasteiger partial charge in [-0.15, -0.1) is 0 Å². The zero-order chi connectivity index (χ0) is 14.2. The van der Waals surface area contributed by atoms with Crippen LogP contribution in [0.1, 0.15) is 12.0 Å². The summed E-state index contributed by atoms with van der Waals surface area (Å²) in [5.41, 5.74) is 0.0801. The average Bonchev–Trinajstić information content (AvgIpc) is 2.46. The van der Waals surface area contributed by atoms with Gasteiger partial charge < -0.3 is 10.1 Å². The number of rotatable bonds is 7. The van der Waals surface area contributed by atoms with Crippen LogP contribution in [0.4, 0.5) is 8.78 Å². The number of hydrogen-bond donors (Lipinski definition) is 1. The summed E-state index contributed by atoms with van der Waals surface area (Å²) in [5, 5.41) is 3.01. The lowest BCUT2D eigenvalue weighted by Gasteiger charge is -2.08. The van der Waals surface area contributed by atoms with Crippen LogP contribution in [0.15, 0.2) is 48.5 Å². The zero-order valence-electron chi connectivity index (χ0n) is 11.1. The Balaban J connectivity index is 1.65. The van der Waals surface area contributed by atoms with Gasteiger partial charge in [0.1, 0.15) is 17.4 Å². The SMILES string of the molecule is Fc1cccc(F)c1CNCCCOc1ccccc1. The zero-order valence-corrected chi connectivity index (χ0v) is 11.1. The smallest absolute Gasteiger partial charge is 0.130 e. The van der Waals surface area contributed by atoms with Crippen LogP contribution in [0.3, 0.4) is 0 Å². The van der Waals surface area contributed by atoms with E-state index < -0.39 is 11.6 Å². The number of para-hydroxylation sites is 1. The number of nitrogens with one attached hydrogen (secondary N) is 1. The molecule has 0 spiro atoms. The molecule has 2 aromatic rings. The number of hydrogen-bond acceptors (Lipinski definition) is 2. The van der Waals surface area contributed by atoms with E-state index in [4.69, 9.17) is 4.74 Å². The van der Waals surface area contributed by atoms with Gasteiger partial charge in [0.25, 0.3) is 0 Å². The van der Waals surface area contributed by atoms with Crippen molar-refractivity contribution >= 4 is 0 Å². The van der Waals surface area contributed by atoms with Crippen LogP contribution in [0.5, 0.6) is 5.75 Å². The summed E-state index contributed by atoms with van der Waals surface area (Å²) >= 11 is 0. The first kappa shape index (κ1) is 14.5. The van der Waals surface area contributed by atoms with Gasteiger partial charge in [0.2, 0.25) is 0 Å². The molecule has 4 heteroatoms. The van der Waals surface area contributed by atoms with Crippen molar-refractivity contribution in [3.8, 4) is 5.75 Å². The van der Waals surface area contributed by atoms with Crippen molar-refractivity contribution in [3.63, 3.8) is 0 Å². The highest BCUT2D eigenvalue weighted by Crippen LogP contribution is 2.11. The fourth-order valence-corrected chi connectivity index (χ4v) is 1.82. The first-order chi connectivity index (χ1) is 9.77. The van der Waals surface area contributed by atoms with Gasteiger partial charge >= 0.3 is 0 Å². The van der Waals surface area contributed by atoms with Crippen LogP contribution in [0.2, 0.25) is 0 Å². The van der Waals surface area contributed by atoms with E-state index in [0.29, 0.717) is 13.2 Å². The predicted octanol–water partition coefficient (Wildman–Crippen LogP) is 3.52. The molecular weight excluding hydrogens is 260 g/mol. The van der Waals surface area contributed by atoms with Gasteiger partial charge in [-0.25, -0.2) is 8.78 Å². The minimum absolute atomic E-state index is 0.0801. The third-order valence-electron chi connectivity index (χ3n) is 2.87. The molecule has 1 N–H and O–H groups in total. The lowest BCUT2D eigenvalue weighted by Crippen LogP contribution is -2.18. The van der Waals surface area contributed by atoms with Crippen molar-refractivity contribution in [2.24, 2.45) is 0 Å². The standard InChI is InChI=1S/C16H17F2NO/c17-15-8-4-9-16(18)14(15)12-19-10-5-11-20-13-6-2-1-3-7-13/h1-4,6-9,19H,5,10-12H2. The highest BCUT2D eigenvalue weighted by molar-refractivity contribution is 5.21. The second-order valence-corrected chi connectivity index (χ2v) is 4.39. The number of halogens is 2. The molecule has 0 aromatic heterocycles. The summed E-state index contributed by atoms with van der Waals surface area (Å²) in [6.07, 6.45) is 0.769. The fourth-order valence-electron chi connectivity index (χ4n) is 1.82. The monoisotopic (exact) mass is 277 g/mol. The molecule has 0 radical (unpaired) electrons. The number of benzene rings is 2. The molecule has 2 aromatic carbocycles. The van der Waals surface area contributed by atoms with Crippen molar-refractivity contribution in [3.05, 3.63) is 65.7 Å². The summed E-state index contributed by atoms with van der Waals surface area (Å²) in [5.74, 6) is -0.205. The van der Waals surface area contributed by atoms with Gasteiger partial charge in [0.15, 0.2) is 0 Å². The maximum absolute atomic E-state index is 13.3. The summed E-state index contributed by atoms with van der Waals surface area (Å²) in [7, 11) is 0. The summed E-state index contributed by atoms with van der Waals surface area (Å²) < 4.78 is 32.2. The first-order valence-electron chi connectivity index (χ1n) is 6.59. The third-order valence-corrected chi connectivity index (χ3v) is 2.87. The van der Waals surface area contributed by atoms with Crippen molar-refractivity contribution in [2.75, 3.05) is 13.2 Å². The Labute approximate surface area is 117 Å². The lowest BCUT2D eigenvalue weighted by atomic mass is 10.2. The van der Waals surface area contributed by atoms with E-state index in [1.54, 1.807) is 0 Å². The molecule has 0 atom stereocenters. The second kappa shape index (κ2) is 7.60. The van der Waals surface area contributed by atoms with E-state index in [1.165, 1.54) is 18.2 Å². The molecule has 2 nitrogen and oxygen atoms in total. The number of ether oxygens (including phenoxy) is 1. The molecule has 0 bridgehead atoms. The summed E-state index contributed by atoms with van der Waals surface area (Å²) in [4.78, 5) is 0. The molecule has 0 saturated heterocycles. The molecule has 0 aliphatic heterocycles. The van der Waals surface area contributed by atoms with Crippen LogP contribution in [-0.4, -0.2) is 13.2 Å². The Bertz CT molecular complexity index is 511. The van der Waals surface area contributed by atoms with Gasteiger partial charge in [-0.1, -0.05) is 24.3 Å². The van der Waals surface area contributed by atoms with E-state index in [2.05, 4.69) is 5.32 Å². The van der Waals surface area contributed by atoms with Crippen LogP contribution in [0.25, 0.3) is 0 Å². The summed E-state index contributed by atoms with van der Waals surface area (Å²) in [6.45, 7) is 1.39. The average molecular weight is 277 g/mol. The van der Waals surface area contributed by atoms with Crippen LogP contribution in [0, 0.1) is 11.6 Å². The topological polar surface area (TPSA) is 21.3 Å². The maximum atomic E-state index is 13.3. The molecule has 0 heterocycles. The van der Waals surface area contributed by atoms with Gasteiger partial charge in [-0.3, -0.25) is 0 Å². The molecule has 20 heavy (non-hydrogen) atoms. The van der Waals surface area contributed by atoms with Crippen molar-refractivity contribution in [1.82, 2.24) is 5.32 Å². The van der Waals surface area contributed by atoms with Crippen LogP contribution < -0.4 is 10.1 Å². The fraction of sp³-hybridized carbons (Fsp3) is 0.250. The molecule has 0 unspecified atom stereocenters. The minimum atomic E-state index is -0.516. The Morgan fingerprint density at radius 3 is 2.30 bits per heavy atom. The quantitative estimate of drug-likeness (QED) is 0.782. The molecule has 2 rings (SSSR count). The molecule has 0 saturated carbocycles. The minimum Gasteiger partial charge on any atom is -0.494 e. The van der Waals surface area contributed by atoms with Crippen LogP contribution in [-0.2, 0) is 6.54 Å². The van der Waals surface area contributed by atoms with E-state index in [1.807, 2.05) is 30.3 Å².